The normalized spacial score (nSPS) is 24.4. The molecular formula is C62H118O14. The molecule has 0 saturated carbocycles. The van der Waals surface area contributed by atoms with E-state index in [1.165, 1.54) is 212 Å². The molecule has 0 aromatic rings. The van der Waals surface area contributed by atoms with Crippen LogP contribution in [0.1, 0.15) is 277 Å². The summed E-state index contributed by atoms with van der Waals surface area (Å²) in [6.07, 6.45) is 39.9. The fourth-order valence-electron chi connectivity index (χ4n) is 10.4. The van der Waals surface area contributed by atoms with Gasteiger partial charge in [0.1, 0.15) is 54.9 Å². The largest absolute Gasteiger partial charge is 0.457 e. The smallest absolute Gasteiger partial charge is 0.306 e. The lowest BCUT2D eigenvalue weighted by molar-refractivity contribution is -0.332. The summed E-state index contributed by atoms with van der Waals surface area (Å²) in [5, 5.41) is 72.4. The fraction of sp³-hybridized carbons (Fsp3) is 0.952. The highest BCUT2D eigenvalue weighted by molar-refractivity contribution is 5.69. The zero-order chi connectivity index (χ0) is 55.1. The second-order valence-corrected chi connectivity index (χ2v) is 22.6. The number of esters is 1. The van der Waals surface area contributed by atoms with Crippen LogP contribution in [0.4, 0.5) is 0 Å². The van der Waals surface area contributed by atoms with Gasteiger partial charge in [-0.3, -0.25) is 4.79 Å². The van der Waals surface area contributed by atoms with E-state index in [1.807, 2.05) is 0 Å². The number of unbranched alkanes of at least 4 members (excludes halogenated alkanes) is 37. The highest BCUT2D eigenvalue weighted by atomic mass is 16.7. The second-order valence-electron chi connectivity index (χ2n) is 22.6. The van der Waals surface area contributed by atoms with E-state index < -0.39 is 80.7 Å². The number of aliphatic hydroxyl groups is 7. The van der Waals surface area contributed by atoms with Gasteiger partial charge < -0.3 is 64.2 Å². The first-order valence-electron chi connectivity index (χ1n) is 31.8. The van der Waals surface area contributed by atoms with E-state index in [-0.39, 0.29) is 25.6 Å². The van der Waals surface area contributed by atoms with E-state index in [9.17, 15) is 40.5 Å². The first-order chi connectivity index (χ1) is 37.1. The average molecular weight is 1090 g/mol. The quantitative estimate of drug-likeness (QED) is 0.0172. The minimum absolute atomic E-state index is 0.0658. The molecule has 0 bridgehead atoms. The van der Waals surface area contributed by atoms with Crippen molar-refractivity contribution in [1.82, 2.24) is 0 Å². The Morgan fingerprint density at radius 2 is 0.776 bits per heavy atom. The van der Waals surface area contributed by atoms with Crippen LogP contribution in [-0.2, 0) is 33.2 Å². The molecule has 2 heterocycles. The number of hydrogen-bond donors (Lipinski definition) is 7. The van der Waals surface area contributed by atoms with Gasteiger partial charge in [-0.05, 0) is 38.5 Å². The first kappa shape index (κ1) is 70.8. The predicted molar refractivity (Wildman–Crippen MR) is 303 cm³/mol. The lowest BCUT2D eigenvalue weighted by Crippen LogP contribution is -2.61. The van der Waals surface area contributed by atoms with Crippen molar-refractivity contribution < 1.29 is 69.0 Å². The monoisotopic (exact) mass is 1090 g/mol. The number of allylic oxidation sites excluding steroid dienone is 2. The lowest BCUT2D eigenvalue weighted by Gasteiger charge is -2.42. The molecule has 11 atom stereocenters. The van der Waals surface area contributed by atoms with Gasteiger partial charge >= 0.3 is 5.97 Å². The van der Waals surface area contributed by atoms with Crippen LogP contribution in [0.5, 0.6) is 0 Å². The molecular weight excluding hydrogens is 969 g/mol. The molecule has 2 aliphatic heterocycles. The van der Waals surface area contributed by atoms with Gasteiger partial charge in [0.15, 0.2) is 12.6 Å². The van der Waals surface area contributed by atoms with Crippen molar-refractivity contribution in [3.8, 4) is 0 Å². The van der Waals surface area contributed by atoms with E-state index >= 15 is 0 Å². The van der Waals surface area contributed by atoms with Gasteiger partial charge in [-0.25, -0.2) is 0 Å². The maximum absolute atomic E-state index is 13.1. The zero-order valence-electron chi connectivity index (χ0n) is 48.5. The minimum Gasteiger partial charge on any atom is -0.457 e. The molecule has 0 spiro atoms. The van der Waals surface area contributed by atoms with Crippen LogP contribution < -0.4 is 0 Å². The van der Waals surface area contributed by atoms with Crippen LogP contribution >= 0.6 is 0 Å². The Morgan fingerprint density at radius 3 is 1.20 bits per heavy atom. The van der Waals surface area contributed by atoms with Gasteiger partial charge in [0.2, 0.25) is 0 Å². The van der Waals surface area contributed by atoms with Crippen LogP contribution in [-0.4, -0.2) is 142 Å². The molecule has 450 valence electrons. The molecule has 11 unspecified atom stereocenters. The van der Waals surface area contributed by atoms with E-state index in [4.69, 9.17) is 28.4 Å². The minimum atomic E-state index is -1.70. The van der Waals surface area contributed by atoms with E-state index in [0.717, 1.165) is 38.5 Å². The number of carbonyl (C=O) groups excluding carboxylic acids is 1. The highest BCUT2D eigenvalue weighted by Gasteiger charge is 2.47. The molecule has 14 heteroatoms. The number of aliphatic hydroxyl groups excluding tert-OH is 7. The molecule has 2 aliphatic rings. The molecule has 0 amide bonds. The van der Waals surface area contributed by atoms with E-state index in [2.05, 4.69) is 26.0 Å². The summed E-state index contributed by atoms with van der Waals surface area (Å²) in [7, 11) is 0. The van der Waals surface area contributed by atoms with E-state index in [0.29, 0.717) is 13.0 Å². The number of hydrogen-bond acceptors (Lipinski definition) is 14. The number of carbonyl (C=O) groups is 1. The van der Waals surface area contributed by atoms with Crippen molar-refractivity contribution in [1.29, 1.82) is 0 Å². The van der Waals surface area contributed by atoms with Gasteiger partial charge in [0, 0.05) is 13.0 Å². The van der Waals surface area contributed by atoms with Crippen molar-refractivity contribution in [3.05, 3.63) is 12.2 Å². The Labute approximate surface area is 463 Å². The highest BCUT2D eigenvalue weighted by Crippen LogP contribution is 2.27. The maximum Gasteiger partial charge on any atom is 0.306 e. The molecule has 14 nitrogen and oxygen atoms in total. The molecule has 0 aromatic heterocycles. The van der Waals surface area contributed by atoms with Crippen molar-refractivity contribution in [2.45, 2.75) is 345 Å². The van der Waals surface area contributed by atoms with Crippen LogP contribution in [0.3, 0.4) is 0 Å². The predicted octanol–water partition coefficient (Wildman–Crippen LogP) is 12.1. The summed E-state index contributed by atoms with van der Waals surface area (Å²) in [5.41, 5.74) is 0. The number of ether oxygens (including phenoxy) is 6. The Balaban J connectivity index is 1.67. The molecule has 0 aliphatic carbocycles. The van der Waals surface area contributed by atoms with Crippen LogP contribution in [0.25, 0.3) is 0 Å². The van der Waals surface area contributed by atoms with E-state index in [1.54, 1.807) is 0 Å². The first-order valence-corrected chi connectivity index (χ1v) is 31.8. The Bertz CT molecular complexity index is 1310. The molecule has 76 heavy (non-hydrogen) atoms. The molecule has 7 N–H and O–H groups in total. The van der Waals surface area contributed by atoms with Crippen molar-refractivity contribution >= 4 is 5.97 Å². The van der Waals surface area contributed by atoms with Gasteiger partial charge in [-0.15, -0.1) is 0 Å². The topological polar surface area (TPSA) is 214 Å². The SMILES string of the molecule is CCCCCCCCC/C=C\CCCCCCCCCCOCC(COC1OC(COC2OC(CO)C(O)C(O)C2O)C(O)C(O)C1O)OC(=O)CCCCCCCCCCCCCCCCCCCCCCCCC. The summed E-state index contributed by atoms with van der Waals surface area (Å²) in [4.78, 5) is 13.1. The van der Waals surface area contributed by atoms with Crippen molar-refractivity contribution in [3.63, 3.8) is 0 Å². The molecule has 2 saturated heterocycles. The average Bonchev–Trinajstić information content (AvgIpc) is 3.42. The van der Waals surface area contributed by atoms with Crippen molar-refractivity contribution in [2.24, 2.45) is 0 Å². The third-order valence-electron chi connectivity index (χ3n) is 15.5. The molecule has 0 aromatic carbocycles. The van der Waals surface area contributed by atoms with Gasteiger partial charge in [-0.1, -0.05) is 244 Å². The van der Waals surface area contributed by atoms with Crippen LogP contribution in [0, 0.1) is 0 Å². The second kappa shape index (κ2) is 49.5. The Kier molecular flexibility index (Phi) is 46.2. The summed E-state index contributed by atoms with van der Waals surface area (Å²) < 4.78 is 34.5. The zero-order valence-corrected chi connectivity index (χ0v) is 48.5. The summed E-state index contributed by atoms with van der Waals surface area (Å²) in [6, 6.07) is 0. The molecule has 2 rings (SSSR count). The van der Waals surface area contributed by atoms with Crippen LogP contribution in [0.15, 0.2) is 12.2 Å². The Morgan fingerprint density at radius 1 is 0.421 bits per heavy atom. The van der Waals surface area contributed by atoms with Crippen molar-refractivity contribution in [2.75, 3.05) is 33.0 Å². The third-order valence-corrected chi connectivity index (χ3v) is 15.5. The molecule has 0 radical (unpaired) electrons. The Hall–Kier alpha value is -1.27. The fourth-order valence-corrected chi connectivity index (χ4v) is 10.4. The summed E-state index contributed by atoms with van der Waals surface area (Å²) in [5.74, 6) is -0.369. The summed E-state index contributed by atoms with van der Waals surface area (Å²) >= 11 is 0. The van der Waals surface area contributed by atoms with Gasteiger partial charge in [0.05, 0.1) is 26.4 Å². The van der Waals surface area contributed by atoms with Gasteiger partial charge in [0.25, 0.3) is 0 Å². The molecule has 2 fully saturated rings. The summed E-state index contributed by atoms with van der Waals surface area (Å²) in [6.45, 7) is 3.75. The maximum atomic E-state index is 13.1. The lowest BCUT2D eigenvalue weighted by atomic mass is 9.98. The number of rotatable bonds is 53. The van der Waals surface area contributed by atoms with Gasteiger partial charge in [-0.2, -0.15) is 0 Å². The standard InChI is InChI=1S/C62H118O14/c1-3-5-7-9-11-13-15-17-19-21-23-24-25-26-27-29-31-33-35-37-39-41-43-45-54(64)74-51(48-71-46-44-42-40-38-36-34-32-30-28-22-20-18-16-14-12-10-8-6-4-2)49-72-61-60(70)58(68)56(66)53(76-61)50-73-62-59(69)57(67)55(65)52(47-63)75-62/h20,22,51-53,55-63,65-70H,3-19,21,23-50H2,1-2H3/b22-20-. The van der Waals surface area contributed by atoms with Crippen LogP contribution in [0.2, 0.25) is 0 Å². The third kappa shape index (κ3) is 35.5.